The number of hydrogen-bond donors (Lipinski definition) is 1. The van der Waals surface area contributed by atoms with Crippen LogP contribution in [0.4, 0.5) is 0 Å². The van der Waals surface area contributed by atoms with E-state index in [9.17, 15) is 5.11 Å². The zero-order chi connectivity index (χ0) is 11.0. The van der Waals surface area contributed by atoms with E-state index in [1.54, 1.807) is 6.20 Å². The summed E-state index contributed by atoms with van der Waals surface area (Å²) in [4.78, 5) is 4.32. The Kier molecular flexibility index (Phi) is 2.37. The summed E-state index contributed by atoms with van der Waals surface area (Å²) in [5, 5.41) is 11.4. The van der Waals surface area contributed by atoms with E-state index in [1.807, 2.05) is 30.3 Å². The fourth-order valence-corrected chi connectivity index (χ4v) is 2.39. The van der Waals surface area contributed by atoms with Crippen LogP contribution in [0.25, 0.3) is 10.9 Å². The van der Waals surface area contributed by atoms with Gasteiger partial charge in [0.2, 0.25) is 0 Å². The highest BCUT2D eigenvalue weighted by atomic mass is 16.3. The molecule has 82 valence electrons. The van der Waals surface area contributed by atoms with E-state index in [4.69, 9.17) is 0 Å². The maximum atomic E-state index is 10.3. The first-order valence-electron chi connectivity index (χ1n) is 5.88. The van der Waals surface area contributed by atoms with Crippen molar-refractivity contribution in [3.05, 3.63) is 42.1 Å². The molecule has 2 nitrogen and oxygen atoms in total. The van der Waals surface area contributed by atoms with Gasteiger partial charge >= 0.3 is 0 Å². The number of aromatic nitrogens is 1. The normalized spacial score (nSPS) is 18.3. The Hall–Kier alpha value is -1.41. The quantitative estimate of drug-likeness (QED) is 0.831. The molecule has 1 atom stereocenters. The minimum atomic E-state index is -0.318. The van der Waals surface area contributed by atoms with E-state index < -0.39 is 0 Å². The van der Waals surface area contributed by atoms with Crippen molar-refractivity contribution in [1.82, 2.24) is 4.98 Å². The molecule has 0 saturated heterocycles. The number of rotatable bonds is 2. The number of para-hydroxylation sites is 1. The molecule has 1 saturated carbocycles. The Bertz CT molecular complexity index is 500. The van der Waals surface area contributed by atoms with Gasteiger partial charge in [-0.15, -0.1) is 0 Å². The molecule has 1 aromatic heterocycles. The van der Waals surface area contributed by atoms with Crippen molar-refractivity contribution < 1.29 is 5.11 Å². The summed E-state index contributed by atoms with van der Waals surface area (Å²) in [5.41, 5.74) is 2.01. The lowest BCUT2D eigenvalue weighted by Crippen LogP contribution is -2.20. The Morgan fingerprint density at radius 3 is 2.75 bits per heavy atom. The number of pyridine rings is 1. The Balaban J connectivity index is 2.08. The summed E-state index contributed by atoms with van der Waals surface area (Å²) < 4.78 is 0. The van der Waals surface area contributed by atoms with Crippen molar-refractivity contribution in [2.75, 3.05) is 0 Å². The van der Waals surface area contributed by atoms with Crippen LogP contribution >= 0.6 is 0 Å². The summed E-state index contributed by atoms with van der Waals surface area (Å²) >= 11 is 0. The zero-order valence-electron chi connectivity index (χ0n) is 9.13. The standard InChI is InChI=1S/C14H15NO/c16-14(10-4-3-5-10)12-8-9-15-13-7-2-1-6-11(12)13/h1-2,6-10,14,16H,3-5H2. The van der Waals surface area contributed by atoms with E-state index in [-0.39, 0.29) is 6.10 Å². The molecule has 0 bridgehead atoms. The first-order valence-corrected chi connectivity index (χ1v) is 5.88. The summed E-state index contributed by atoms with van der Waals surface area (Å²) in [6.07, 6.45) is 5.03. The highest BCUT2D eigenvalue weighted by molar-refractivity contribution is 5.82. The number of hydrogen-bond acceptors (Lipinski definition) is 2. The van der Waals surface area contributed by atoms with E-state index in [1.165, 1.54) is 6.42 Å². The van der Waals surface area contributed by atoms with Crippen LogP contribution < -0.4 is 0 Å². The summed E-state index contributed by atoms with van der Waals surface area (Å²) in [5.74, 6) is 0.450. The average Bonchev–Trinajstić information content (AvgIpc) is 2.26. The van der Waals surface area contributed by atoms with Crippen LogP contribution in [0.3, 0.4) is 0 Å². The van der Waals surface area contributed by atoms with Gasteiger partial charge in [-0.05, 0) is 36.5 Å². The SMILES string of the molecule is OC(c1ccnc2ccccc12)C1CCC1. The number of aliphatic hydroxyl groups is 1. The average molecular weight is 213 g/mol. The lowest BCUT2D eigenvalue weighted by atomic mass is 9.78. The Morgan fingerprint density at radius 2 is 2.00 bits per heavy atom. The largest absolute Gasteiger partial charge is 0.388 e. The van der Waals surface area contributed by atoms with Gasteiger partial charge in [0.15, 0.2) is 0 Å². The van der Waals surface area contributed by atoms with Crippen molar-refractivity contribution in [1.29, 1.82) is 0 Å². The third-order valence-corrected chi connectivity index (χ3v) is 3.60. The second-order valence-electron chi connectivity index (χ2n) is 4.55. The van der Waals surface area contributed by atoms with Gasteiger partial charge < -0.3 is 5.11 Å². The van der Waals surface area contributed by atoms with Gasteiger partial charge in [0.1, 0.15) is 0 Å². The van der Waals surface area contributed by atoms with Crippen LogP contribution in [0, 0.1) is 5.92 Å². The van der Waals surface area contributed by atoms with Crippen molar-refractivity contribution in [2.45, 2.75) is 25.4 Å². The highest BCUT2D eigenvalue weighted by Crippen LogP contribution is 2.39. The first-order chi connectivity index (χ1) is 7.86. The molecule has 3 rings (SSSR count). The summed E-state index contributed by atoms with van der Waals surface area (Å²) in [6, 6.07) is 9.97. The molecule has 0 radical (unpaired) electrons. The minimum absolute atomic E-state index is 0.318. The number of benzene rings is 1. The zero-order valence-corrected chi connectivity index (χ0v) is 9.13. The van der Waals surface area contributed by atoms with Crippen LogP contribution in [0.1, 0.15) is 30.9 Å². The predicted octanol–water partition coefficient (Wildman–Crippen LogP) is 3.07. The predicted molar refractivity (Wildman–Crippen MR) is 64.0 cm³/mol. The molecule has 1 unspecified atom stereocenters. The molecular weight excluding hydrogens is 198 g/mol. The van der Waals surface area contributed by atoms with Crippen LogP contribution in [-0.2, 0) is 0 Å². The molecular formula is C14H15NO. The van der Waals surface area contributed by atoms with Gasteiger partial charge in [-0.1, -0.05) is 24.6 Å². The number of nitrogens with zero attached hydrogens (tertiary/aromatic N) is 1. The monoisotopic (exact) mass is 213 g/mol. The van der Waals surface area contributed by atoms with Gasteiger partial charge in [-0.2, -0.15) is 0 Å². The number of fused-ring (bicyclic) bond motifs is 1. The van der Waals surface area contributed by atoms with E-state index in [0.29, 0.717) is 5.92 Å². The Labute approximate surface area is 94.9 Å². The fourth-order valence-electron chi connectivity index (χ4n) is 2.39. The molecule has 2 heteroatoms. The second-order valence-corrected chi connectivity index (χ2v) is 4.55. The van der Waals surface area contributed by atoms with Gasteiger partial charge in [-0.3, -0.25) is 4.98 Å². The molecule has 0 spiro atoms. The summed E-state index contributed by atoms with van der Waals surface area (Å²) in [6.45, 7) is 0. The summed E-state index contributed by atoms with van der Waals surface area (Å²) in [7, 11) is 0. The molecule has 1 aliphatic rings. The van der Waals surface area contributed by atoms with Crippen LogP contribution in [0.2, 0.25) is 0 Å². The lowest BCUT2D eigenvalue weighted by molar-refractivity contribution is 0.0632. The molecule has 1 aliphatic carbocycles. The second kappa shape index (κ2) is 3.87. The molecule has 2 aromatic rings. The maximum Gasteiger partial charge on any atom is 0.0825 e. The van der Waals surface area contributed by atoms with Gasteiger partial charge in [0, 0.05) is 11.6 Å². The fraction of sp³-hybridized carbons (Fsp3) is 0.357. The highest BCUT2D eigenvalue weighted by Gasteiger charge is 2.27. The van der Waals surface area contributed by atoms with Crippen LogP contribution in [0.15, 0.2) is 36.5 Å². The maximum absolute atomic E-state index is 10.3. The topological polar surface area (TPSA) is 33.1 Å². The molecule has 1 N–H and O–H groups in total. The molecule has 1 heterocycles. The van der Waals surface area contributed by atoms with Crippen molar-refractivity contribution in [3.63, 3.8) is 0 Å². The van der Waals surface area contributed by atoms with Crippen molar-refractivity contribution in [2.24, 2.45) is 5.92 Å². The first kappa shape index (κ1) is 9.79. The van der Waals surface area contributed by atoms with Gasteiger partial charge in [-0.25, -0.2) is 0 Å². The molecule has 1 fully saturated rings. The molecule has 0 aliphatic heterocycles. The third-order valence-electron chi connectivity index (χ3n) is 3.60. The van der Waals surface area contributed by atoms with E-state index in [2.05, 4.69) is 4.98 Å². The van der Waals surface area contributed by atoms with E-state index >= 15 is 0 Å². The van der Waals surface area contributed by atoms with Crippen molar-refractivity contribution >= 4 is 10.9 Å². The van der Waals surface area contributed by atoms with Crippen molar-refractivity contribution in [3.8, 4) is 0 Å². The molecule has 0 amide bonds. The Morgan fingerprint density at radius 1 is 1.19 bits per heavy atom. The molecule has 1 aromatic carbocycles. The van der Waals surface area contributed by atoms with Gasteiger partial charge in [0.05, 0.1) is 11.6 Å². The third kappa shape index (κ3) is 1.50. The van der Waals surface area contributed by atoms with Crippen LogP contribution in [-0.4, -0.2) is 10.1 Å². The van der Waals surface area contributed by atoms with Crippen LogP contribution in [0.5, 0.6) is 0 Å². The smallest absolute Gasteiger partial charge is 0.0825 e. The van der Waals surface area contributed by atoms with E-state index in [0.717, 1.165) is 29.3 Å². The van der Waals surface area contributed by atoms with Gasteiger partial charge in [0.25, 0.3) is 0 Å². The lowest BCUT2D eigenvalue weighted by Gasteiger charge is -2.31. The number of aliphatic hydroxyl groups excluding tert-OH is 1. The molecule has 16 heavy (non-hydrogen) atoms. The minimum Gasteiger partial charge on any atom is -0.388 e.